The van der Waals surface area contributed by atoms with Crippen molar-refractivity contribution in [2.24, 2.45) is 0 Å². The Bertz CT molecular complexity index is 835. The maximum atomic E-state index is 12.9. The molecule has 2 aromatic carbocycles. The van der Waals surface area contributed by atoms with Crippen molar-refractivity contribution in [3.05, 3.63) is 69.5 Å². The lowest BCUT2D eigenvalue weighted by atomic mass is 10.2. The van der Waals surface area contributed by atoms with Crippen molar-refractivity contribution in [3.63, 3.8) is 0 Å². The number of benzene rings is 2. The zero-order valence-corrected chi connectivity index (χ0v) is 13.4. The molecular weight excluding hydrogens is 323 g/mol. The first-order valence-electron chi connectivity index (χ1n) is 6.67. The maximum absolute atomic E-state index is 12.9. The van der Waals surface area contributed by atoms with E-state index in [9.17, 15) is 22.9 Å². The second-order valence-electron chi connectivity index (χ2n) is 5.09. The highest BCUT2D eigenvalue weighted by molar-refractivity contribution is 7.89. The van der Waals surface area contributed by atoms with Crippen LogP contribution in [0.25, 0.3) is 0 Å². The molecule has 122 valence electrons. The van der Waals surface area contributed by atoms with E-state index in [2.05, 4.69) is 0 Å². The summed E-state index contributed by atoms with van der Waals surface area (Å²) in [6.45, 7) is 1.60. The van der Waals surface area contributed by atoms with Crippen LogP contribution in [0.5, 0.6) is 0 Å². The number of rotatable bonds is 5. The van der Waals surface area contributed by atoms with E-state index in [0.29, 0.717) is 11.1 Å². The van der Waals surface area contributed by atoms with Crippen molar-refractivity contribution in [2.45, 2.75) is 18.4 Å². The first-order chi connectivity index (χ1) is 10.7. The number of aryl methyl sites for hydroxylation is 1. The summed E-state index contributed by atoms with van der Waals surface area (Å²) in [7, 11) is -2.53. The van der Waals surface area contributed by atoms with Crippen molar-refractivity contribution in [1.82, 2.24) is 4.31 Å². The van der Waals surface area contributed by atoms with Crippen LogP contribution < -0.4 is 0 Å². The van der Waals surface area contributed by atoms with Crippen molar-refractivity contribution in [1.29, 1.82) is 0 Å². The van der Waals surface area contributed by atoms with Gasteiger partial charge in [-0.05, 0) is 30.2 Å². The van der Waals surface area contributed by atoms with Crippen LogP contribution in [0.4, 0.5) is 10.1 Å². The molecule has 8 heteroatoms. The summed E-state index contributed by atoms with van der Waals surface area (Å²) < 4.78 is 39.2. The minimum atomic E-state index is -3.90. The third-order valence-electron chi connectivity index (χ3n) is 3.39. The lowest BCUT2D eigenvalue weighted by molar-refractivity contribution is -0.385. The minimum Gasteiger partial charge on any atom is -0.258 e. The van der Waals surface area contributed by atoms with E-state index < -0.39 is 20.8 Å². The first kappa shape index (κ1) is 17.0. The van der Waals surface area contributed by atoms with E-state index in [1.165, 1.54) is 43.4 Å². The normalized spacial score (nSPS) is 11.7. The minimum absolute atomic E-state index is 0.0325. The van der Waals surface area contributed by atoms with Gasteiger partial charge >= 0.3 is 0 Å². The molecule has 0 aliphatic heterocycles. The Balaban J connectivity index is 2.35. The molecule has 0 aliphatic carbocycles. The number of nitrogens with zero attached hydrogens (tertiary/aromatic N) is 2. The van der Waals surface area contributed by atoms with Crippen molar-refractivity contribution >= 4 is 15.7 Å². The first-order valence-corrected chi connectivity index (χ1v) is 8.11. The summed E-state index contributed by atoms with van der Waals surface area (Å²) in [4.78, 5) is 10.1. The van der Waals surface area contributed by atoms with Gasteiger partial charge in [-0.2, -0.15) is 4.31 Å². The molecule has 0 N–H and O–H groups in total. The summed E-state index contributed by atoms with van der Waals surface area (Å²) in [5.74, 6) is -0.409. The smallest absolute Gasteiger partial charge is 0.258 e. The standard InChI is InChI=1S/C15H15FN2O4S/c1-11-3-8-14(18(19)20)9-15(11)23(21,22)17(2)10-12-4-6-13(16)7-5-12/h3-9H,10H2,1-2H3. The molecule has 0 spiro atoms. The van der Waals surface area contributed by atoms with Crippen molar-refractivity contribution < 1.29 is 17.7 Å². The van der Waals surface area contributed by atoms with E-state index in [0.717, 1.165) is 10.4 Å². The highest BCUT2D eigenvalue weighted by atomic mass is 32.2. The molecule has 0 bridgehead atoms. The average Bonchev–Trinajstić information content (AvgIpc) is 2.49. The predicted octanol–water partition coefficient (Wildman–Crippen LogP) is 2.86. The third kappa shape index (κ3) is 3.72. The summed E-state index contributed by atoms with van der Waals surface area (Å²) in [6.07, 6.45) is 0. The fourth-order valence-corrected chi connectivity index (χ4v) is 3.48. The Kier molecular flexibility index (Phi) is 4.76. The Morgan fingerprint density at radius 1 is 1.17 bits per heavy atom. The SMILES string of the molecule is Cc1ccc([N+](=O)[O-])cc1S(=O)(=O)N(C)Cc1ccc(F)cc1. The molecule has 6 nitrogen and oxygen atoms in total. The van der Waals surface area contributed by atoms with E-state index in [1.807, 2.05) is 0 Å². The molecule has 0 aromatic heterocycles. The molecule has 23 heavy (non-hydrogen) atoms. The van der Waals surface area contributed by atoms with Gasteiger partial charge in [-0.1, -0.05) is 18.2 Å². The van der Waals surface area contributed by atoms with Gasteiger partial charge in [-0.25, -0.2) is 12.8 Å². The zero-order valence-electron chi connectivity index (χ0n) is 12.6. The fourth-order valence-electron chi connectivity index (χ4n) is 2.08. The molecule has 0 radical (unpaired) electrons. The molecule has 2 aromatic rings. The van der Waals surface area contributed by atoms with Crippen LogP contribution >= 0.6 is 0 Å². The van der Waals surface area contributed by atoms with Crippen LogP contribution in [0.15, 0.2) is 47.4 Å². The van der Waals surface area contributed by atoms with Crippen LogP contribution in [0.3, 0.4) is 0 Å². The Morgan fingerprint density at radius 2 is 1.78 bits per heavy atom. The highest BCUT2D eigenvalue weighted by Crippen LogP contribution is 2.25. The Hall–Kier alpha value is -2.32. The van der Waals surface area contributed by atoms with Crippen LogP contribution in [0.2, 0.25) is 0 Å². The molecular formula is C15H15FN2O4S. The number of hydrogen-bond acceptors (Lipinski definition) is 4. The summed E-state index contributed by atoms with van der Waals surface area (Å²) in [5.41, 5.74) is 0.742. The van der Waals surface area contributed by atoms with E-state index in [1.54, 1.807) is 6.92 Å². The van der Waals surface area contributed by atoms with Gasteiger partial charge in [-0.3, -0.25) is 10.1 Å². The lowest BCUT2D eigenvalue weighted by Crippen LogP contribution is -2.27. The zero-order chi connectivity index (χ0) is 17.2. The summed E-state index contributed by atoms with van der Waals surface area (Å²) >= 11 is 0. The van der Waals surface area contributed by atoms with Crippen LogP contribution in [0.1, 0.15) is 11.1 Å². The number of nitro groups is 1. The fraction of sp³-hybridized carbons (Fsp3) is 0.200. The maximum Gasteiger partial charge on any atom is 0.270 e. The Labute approximate surface area is 133 Å². The van der Waals surface area contributed by atoms with Gasteiger partial charge in [0, 0.05) is 25.7 Å². The number of hydrogen-bond donors (Lipinski definition) is 0. The molecule has 0 unspecified atom stereocenters. The largest absolute Gasteiger partial charge is 0.270 e. The van der Waals surface area contributed by atoms with Crippen LogP contribution in [0, 0.1) is 22.9 Å². The quantitative estimate of drug-likeness (QED) is 0.620. The summed E-state index contributed by atoms with van der Waals surface area (Å²) in [6, 6.07) is 9.17. The molecule has 0 aliphatic rings. The molecule has 0 fully saturated rings. The second kappa shape index (κ2) is 6.43. The number of sulfonamides is 1. The number of non-ortho nitro benzene ring substituents is 1. The molecule has 2 rings (SSSR count). The van der Waals surface area contributed by atoms with Gasteiger partial charge in [0.05, 0.1) is 9.82 Å². The number of nitro benzene ring substituents is 1. The van der Waals surface area contributed by atoms with Crippen molar-refractivity contribution in [2.75, 3.05) is 7.05 Å². The summed E-state index contributed by atoms with van der Waals surface area (Å²) in [5, 5.41) is 10.8. The van der Waals surface area contributed by atoms with Crippen LogP contribution in [-0.2, 0) is 16.6 Å². The molecule has 0 atom stereocenters. The topological polar surface area (TPSA) is 80.5 Å². The van der Waals surface area contributed by atoms with E-state index >= 15 is 0 Å². The third-order valence-corrected chi connectivity index (χ3v) is 5.33. The van der Waals surface area contributed by atoms with Gasteiger partial charge < -0.3 is 0 Å². The van der Waals surface area contributed by atoms with Gasteiger partial charge in [-0.15, -0.1) is 0 Å². The average molecular weight is 338 g/mol. The lowest BCUT2D eigenvalue weighted by Gasteiger charge is -2.18. The van der Waals surface area contributed by atoms with Gasteiger partial charge in [0.15, 0.2) is 0 Å². The monoisotopic (exact) mass is 338 g/mol. The van der Waals surface area contributed by atoms with Crippen LogP contribution in [-0.4, -0.2) is 24.7 Å². The molecule has 0 saturated heterocycles. The molecule has 0 heterocycles. The Morgan fingerprint density at radius 3 is 2.35 bits per heavy atom. The predicted molar refractivity (Wildman–Crippen MR) is 82.9 cm³/mol. The van der Waals surface area contributed by atoms with Gasteiger partial charge in [0.25, 0.3) is 5.69 Å². The van der Waals surface area contributed by atoms with Gasteiger partial charge in [0.2, 0.25) is 10.0 Å². The van der Waals surface area contributed by atoms with E-state index in [-0.39, 0.29) is 17.1 Å². The van der Waals surface area contributed by atoms with E-state index in [4.69, 9.17) is 0 Å². The van der Waals surface area contributed by atoms with Crippen molar-refractivity contribution in [3.8, 4) is 0 Å². The number of halogens is 1. The van der Waals surface area contributed by atoms with Gasteiger partial charge in [0.1, 0.15) is 5.82 Å². The second-order valence-corrected chi connectivity index (χ2v) is 7.11. The molecule has 0 amide bonds. The molecule has 0 saturated carbocycles. The highest BCUT2D eigenvalue weighted by Gasteiger charge is 2.25.